The molecule has 1 atom stereocenters. The van der Waals surface area contributed by atoms with Gasteiger partial charge in [-0.15, -0.1) is 0 Å². The first kappa shape index (κ1) is 13.4. The quantitative estimate of drug-likeness (QED) is 0.697. The molecule has 0 aliphatic heterocycles. The van der Waals surface area contributed by atoms with Crippen LogP contribution in [-0.4, -0.2) is 37.9 Å². The van der Waals surface area contributed by atoms with E-state index < -0.39 is 20.5 Å². The Hall–Kier alpha value is -0.620. The summed E-state index contributed by atoms with van der Waals surface area (Å²) in [4.78, 5) is 11.7. The van der Waals surface area contributed by atoms with Crippen molar-refractivity contribution in [3.63, 3.8) is 0 Å². The van der Waals surface area contributed by atoms with Crippen LogP contribution in [0.2, 0.25) is 0 Å². The maximum absolute atomic E-state index is 11.7. The number of nitrogens with two attached hydrogens (primary N) is 1. The van der Waals surface area contributed by atoms with Crippen LogP contribution in [0, 0.1) is 5.92 Å². The minimum Gasteiger partial charge on any atom is -0.353 e. The summed E-state index contributed by atoms with van der Waals surface area (Å²) in [6, 6.07) is -0.0562. The van der Waals surface area contributed by atoms with E-state index in [1.54, 1.807) is 0 Å². The molecule has 0 spiro atoms. The smallest absolute Gasteiger partial charge is 0.240 e. The largest absolute Gasteiger partial charge is 0.353 e. The number of nitrogens with one attached hydrogen (secondary N) is 1. The zero-order valence-electron chi connectivity index (χ0n) is 9.99. The minimum atomic E-state index is -3.41. The average Bonchev–Trinajstić information content (AvgIpc) is 2.94. The van der Waals surface area contributed by atoms with E-state index in [4.69, 9.17) is 5.73 Å². The first-order valence-corrected chi connectivity index (χ1v) is 7.29. The molecule has 1 aliphatic carbocycles. The van der Waals surface area contributed by atoms with Crippen molar-refractivity contribution < 1.29 is 13.2 Å². The highest BCUT2D eigenvalue weighted by molar-refractivity contribution is 7.92. The van der Waals surface area contributed by atoms with Crippen LogP contribution in [0.4, 0.5) is 0 Å². The zero-order valence-corrected chi connectivity index (χ0v) is 10.8. The zero-order chi connectivity index (χ0) is 12.6. The van der Waals surface area contributed by atoms with Crippen LogP contribution >= 0.6 is 0 Å². The van der Waals surface area contributed by atoms with Gasteiger partial charge in [0.15, 0.2) is 9.84 Å². The Morgan fingerprint density at radius 2 is 2.00 bits per heavy atom. The molecule has 5 nitrogen and oxygen atoms in total. The molecule has 1 rings (SSSR count). The number of hydrogen-bond acceptors (Lipinski definition) is 4. The Morgan fingerprint density at radius 1 is 1.50 bits per heavy atom. The van der Waals surface area contributed by atoms with E-state index >= 15 is 0 Å². The van der Waals surface area contributed by atoms with E-state index in [1.807, 2.05) is 0 Å². The summed E-state index contributed by atoms with van der Waals surface area (Å²) in [5.41, 5.74) is 5.82. The highest BCUT2D eigenvalue weighted by Gasteiger charge is 2.39. The summed E-state index contributed by atoms with van der Waals surface area (Å²) < 4.78 is 21.4. The highest BCUT2D eigenvalue weighted by atomic mass is 32.2. The second-order valence-electron chi connectivity index (χ2n) is 4.99. The van der Waals surface area contributed by atoms with Gasteiger partial charge in [0.2, 0.25) is 5.91 Å². The molecule has 6 heteroatoms. The van der Waals surface area contributed by atoms with Crippen molar-refractivity contribution in [2.24, 2.45) is 11.7 Å². The molecule has 16 heavy (non-hydrogen) atoms. The molecule has 0 saturated heterocycles. The van der Waals surface area contributed by atoms with Gasteiger partial charge in [-0.25, -0.2) is 8.42 Å². The molecule has 1 aliphatic rings. The highest BCUT2D eigenvalue weighted by Crippen LogP contribution is 2.31. The van der Waals surface area contributed by atoms with Crippen LogP contribution in [0.3, 0.4) is 0 Å². The van der Waals surface area contributed by atoms with E-state index in [-0.39, 0.29) is 6.04 Å². The third-order valence-corrected chi connectivity index (χ3v) is 5.24. The van der Waals surface area contributed by atoms with Crippen molar-refractivity contribution in [3.05, 3.63) is 0 Å². The molecule has 0 heterocycles. The van der Waals surface area contributed by atoms with Crippen LogP contribution in [0.5, 0.6) is 0 Å². The van der Waals surface area contributed by atoms with Gasteiger partial charge in [0, 0.05) is 18.8 Å². The lowest BCUT2D eigenvalue weighted by Gasteiger charge is -2.22. The lowest BCUT2D eigenvalue weighted by molar-refractivity contribution is -0.122. The second-order valence-corrected chi connectivity index (χ2v) is 7.56. The molecule has 0 aromatic heterocycles. The van der Waals surface area contributed by atoms with Crippen molar-refractivity contribution in [2.75, 3.05) is 12.8 Å². The van der Waals surface area contributed by atoms with Gasteiger partial charge in [-0.2, -0.15) is 0 Å². The molecule has 1 amide bonds. The van der Waals surface area contributed by atoms with Crippen LogP contribution in [-0.2, 0) is 14.6 Å². The molecule has 0 radical (unpaired) electrons. The molecule has 0 bridgehead atoms. The summed E-state index contributed by atoms with van der Waals surface area (Å²) in [6.07, 6.45) is 3.27. The van der Waals surface area contributed by atoms with Crippen molar-refractivity contribution in [1.29, 1.82) is 0 Å². The molecule has 94 valence electrons. The Labute approximate surface area is 96.7 Å². The van der Waals surface area contributed by atoms with E-state index in [9.17, 15) is 13.2 Å². The average molecular weight is 248 g/mol. The van der Waals surface area contributed by atoms with Gasteiger partial charge in [0.05, 0.1) is 0 Å². The number of carbonyl (C=O) groups is 1. The standard InChI is InChI=1S/C10H20N2O3S/c1-10(2,16(3,14)15)9(13)12-6-8(11)7-4-5-7/h7-8H,4-6,11H2,1-3H3,(H,12,13). The molecular weight excluding hydrogens is 228 g/mol. The van der Waals surface area contributed by atoms with Gasteiger partial charge in [0.25, 0.3) is 0 Å². The van der Waals surface area contributed by atoms with Crippen molar-refractivity contribution in [1.82, 2.24) is 5.32 Å². The maximum atomic E-state index is 11.7. The molecular formula is C10H20N2O3S. The minimum absolute atomic E-state index is 0.0562. The summed E-state index contributed by atoms with van der Waals surface area (Å²) in [7, 11) is -3.41. The lowest BCUT2D eigenvalue weighted by atomic mass is 10.1. The normalized spacial score (nSPS) is 19.2. The maximum Gasteiger partial charge on any atom is 0.240 e. The summed E-state index contributed by atoms with van der Waals surface area (Å²) in [5, 5.41) is 2.61. The van der Waals surface area contributed by atoms with Crippen LogP contribution in [0.1, 0.15) is 26.7 Å². The van der Waals surface area contributed by atoms with E-state index in [1.165, 1.54) is 13.8 Å². The summed E-state index contributed by atoms with van der Waals surface area (Å²) in [5.74, 6) is 0.00717. The number of carbonyl (C=O) groups excluding carboxylic acids is 1. The molecule has 1 fully saturated rings. The SMILES string of the molecule is CC(C)(C(=O)NCC(N)C1CC1)S(C)(=O)=O. The Kier molecular flexibility index (Phi) is 3.64. The van der Waals surface area contributed by atoms with Gasteiger partial charge >= 0.3 is 0 Å². The third kappa shape index (κ3) is 2.95. The fourth-order valence-corrected chi connectivity index (χ4v) is 1.69. The predicted octanol–water partition coefficient (Wildman–Crippen LogP) is -0.337. The van der Waals surface area contributed by atoms with E-state index in [0.29, 0.717) is 12.5 Å². The molecule has 1 saturated carbocycles. The third-order valence-electron chi connectivity index (χ3n) is 3.20. The first-order chi connectivity index (χ1) is 7.16. The topological polar surface area (TPSA) is 89.3 Å². The van der Waals surface area contributed by atoms with Crippen molar-refractivity contribution >= 4 is 15.7 Å². The van der Waals surface area contributed by atoms with E-state index in [2.05, 4.69) is 5.32 Å². The van der Waals surface area contributed by atoms with Gasteiger partial charge < -0.3 is 11.1 Å². The molecule has 0 aromatic rings. The van der Waals surface area contributed by atoms with Gasteiger partial charge in [0.1, 0.15) is 4.75 Å². The molecule has 3 N–H and O–H groups in total. The monoisotopic (exact) mass is 248 g/mol. The predicted molar refractivity (Wildman–Crippen MR) is 62.6 cm³/mol. The van der Waals surface area contributed by atoms with Crippen LogP contribution < -0.4 is 11.1 Å². The van der Waals surface area contributed by atoms with Crippen LogP contribution in [0.25, 0.3) is 0 Å². The molecule has 1 unspecified atom stereocenters. The van der Waals surface area contributed by atoms with Crippen LogP contribution in [0.15, 0.2) is 0 Å². The fraction of sp³-hybridized carbons (Fsp3) is 0.900. The van der Waals surface area contributed by atoms with E-state index in [0.717, 1.165) is 19.1 Å². The van der Waals surface area contributed by atoms with Gasteiger partial charge in [-0.1, -0.05) is 0 Å². The summed E-state index contributed by atoms with van der Waals surface area (Å²) >= 11 is 0. The van der Waals surface area contributed by atoms with Crippen molar-refractivity contribution in [2.45, 2.75) is 37.5 Å². The number of hydrogen-bond donors (Lipinski definition) is 2. The lowest BCUT2D eigenvalue weighted by Crippen LogP contribution is -2.50. The Bertz CT molecular complexity index is 372. The van der Waals surface area contributed by atoms with Crippen molar-refractivity contribution in [3.8, 4) is 0 Å². The summed E-state index contributed by atoms with van der Waals surface area (Å²) in [6.45, 7) is 3.16. The van der Waals surface area contributed by atoms with Gasteiger partial charge in [-0.05, 0) is 32.6 Å². The second kappa shape index (κ2) is 4.33. The van der Waals surface area contributed by atoms with Gasteiger partial charge in [-0.3, -0.25) is 4.79 Å². The fourth-order valence-electron chi connectivity index (χ4n) is 1.28. The Morgan fingerprint density at radius 3 is 2.38 bits per heavy atom. The number of rotatable bonds is 5. The number of sulfone groups is 1. The molecule has 0 aromatic carbocycles. The Balaban J connectivity index is 2.51. The number of amides is 1. The first-order valence-electron chi connectivity index (χ1n) is 5.39.